The van der Waals surface area contributed by atoms with E-state index in [9.17, 15) is 0 Å². The Morgan fingerprint density at radius 1 is 0.923 bits per heavy atom. The van der Waals surface area contributed by atoms with Gasteiger partial charge in [0.2, 0.25) is 0 Å². The molecule has 0 radical (unpaired) electrons. The number of aromatic nitrogens is 5. The summed E-state index contributed by atoms with van der Waals surface area (Å²) in [5, 5.41) is 11.5. The van der Waals surface area contributed by atoms with Crippen LogP contribution in [0.15, 0.2) is 61.2 Å². The minimum Gasteiger partial charge on any atom is -0.323 e. The van der Waals surface area contributed by atoms with E-state index in [0.29, 0.717) is 17.6 Å². The van der Waals surface area contributed by atoms with E-state index in [-0.39, 0.29) is 0 Å². The molecule has 4 aromatic rings. The van der Waals surface area contributed by atoms with E-state index >= 15 is 0 Å². The maximum absolute atomic E-state index is 4.76. The van der Waals surface area contributed by atoms with Crippen LogP contribution in [0.1, 0.15) is 25.3 Å². The first-order valence-corrected chi connectivity index (χ1v) is 8.46. The highest BCUT2D eigenvalue weighted by molar-refractivity contribution is 5.92. The van der Waals surface area contributed by atoms with Gasteiger partial charge in [-0.05, 0) is 53.4 Å². The maximum Gasteiger partial charge on any atom is 0.154 e. The number of rotatable bonds is 4. The Morgan fingerprint density at radius 3 is 2.58 bits per heavy atom. The Labute approximate surface area is 151 Å². The zero-order valence-corrected chi connectivity index (χ0v) is 14.6. The fourth-order valence-corrected chi connectivity index (χ4v) is 2.75. The van der Waals surface area contributed by atoms with Gasteiger partial charge in [0.15, 0.2) is 5.82 Å². The second kappa shape index (κ2) is 6.84. The third-order valence-electron chi connectivity index (χ3n) is 4.17. The lowest BCUT2D eigenvalue weighted by atomic mass is 10.1. The minimum absolute atomic E-state index is 0.387. The van der Waals surface area contributed by atoms with Gasteiger partial charge >= 0.3 is 0 Å². The SMILES string of the molecule is CC(C)c1cnnc(Nc2ccc3nccc(-c4ccncc4)c3n2)c1. The lowest BCUT2D eigenvalue weighted by molar-refractivity contribution is 0.843. The van der Waals surface area contributed by atoms with Crippen molar-refractivity contribution in [1.82, 2.24) is 25.1 Å². The summed E-state index contributed by atoms with van der Waals surface area (Å²) in [6.07, 6.45) is 7.13. The van der Waals surface area contributed by atoms with Gasteiger partial charge in [-0.1, -0.05) is 13.8 Å². The monoisotopic (exact) mass is 342 g/mol. The Hall–Kier alpha value is -3.41. The van der Waals surface area contributed by atoms with Crippen LogP contribution in [-0.2, 0) is 0 Å². The number of hydrogen-bond donors (Lipinski definition) is 1. The first-order valence-electron chi connectivity index (χ1n) is 8.46. The smallest absolute Gasteiger partial charge is 0.154 e. The largest absolute Gasteiger partial charge is 0.323 e. The number of nitrogens with zero attached hydrogens (tertiary/aromatic N) is 5. The molecule has 4 rings (SSSR count). The first-order chi connectivity index (χ1) is 12.7. The molecule has 0 amide bonds. The quantitative estimate of drug-likeness (QED) is 0.594. The molecule has 6 heteroatoms. The molecular weight excluding hydrogens is 324 g/mol. The average molecular weight is 342 g/mol. The summed E-state index contributed by atoms with van der Waals surface area (Å²) in [5.41, 5.74) is 4.87. The highest BCUT2D eigenvalue weighted by Crippen LogP contribution is 2.27. The molecule has 0 aromatic carbocycles. The van der Waals surface area contributed by atoms with Gasteiger partial charge in [0.1, 0.15) is 5.82 Å². The van der Waals surface area contributed by atoms with Crippen LogP contribution in [0.2, 0.25) is 0 Å². The topological polar surface area (TPSA) is 76.5 Å². The fourth-order valence-electron chi connectivity index (χ4n) is 2.75. The van der Waals surface area contributed by atoms with Crippen LogP contribution in [0.5, 0.6) is 0 Å². The van der Waals surface area contributed by atoms with Crippen molar-refractivity contribution in [3.63, 3.8) is 0 Å². The van der Waals surface area contributed by atoms with Crippen LogP contribution in [0.4, 0.5) is 11.6 Å². The standard InChI is InChI=1S/C20H18N6/c1-13(2)15-11-19(26-23-12-15)24-18-4-3-17-20(25-18)16(7-10-22-17)14-5-8-21-9-6-14/h3-13H,1-2H3,(H,24,25,26). The van der Waals surface area contributed by atoms with E-state index in [4.69, 9.17) is 4.98 Å². The summed E-state index contributed by atoms with van der Waals surface area (Å²) in [4.78, 5) is 13.3. The molecule has 0 saturated carbocycles. The van der Waals surface area contributed by atoms with Crippen molar-refractivity contribution in [3.8, 4) is 11.1 Å². The van der Waals surface area contributed by atoms with Crippen LogP contribution in [0, 0.1) is 0 Å². The highest BCUT2D eigenvalue weighted by atomic mass is 15.2. The lowest BCUT2D eigenvalue weighted by Gasteiger charge is -2.10. The predicted molar refractivity (Wildman–Crippen MR) is 102 cm³/mol. The van der Waals surface area contributed by atoms with E-state index < -0.39 is 0 Å². The van der Waals surface area contributed by atoms with Gasteiger partial charge in [0.05, 0.1) is 17.2 Å². The number of pyridine rings is 3. The Morgan fingerprint density at radius 2 is 1.77 bits per heavy atom. The molecule has 0 atom stereocenters. The Balaban J connectivity index is 1.75. The van der Waals surface area contributed by atoms with Gasteiger partial charge in [0, 0.05) is 24.2 Å². The van der Waals surface area contributed by atoms with Crippen molar-refractivity contribution in [2.45, 2.75) is 19.8 Å². The second-order valence-corrected chi connectivity index (χ2v) is 6.31. The third-order valence-corrected chi connectivity index (χ3v) is 4.17. The third kappa shape index (κ3) is 3.21. The summed E-state index contributed by atoms with van der Waals surface area (Å²) < 4.78 is 0. The normalized spacial score (nSPS) is 11.0. The molecule has 0 bridgehead atoms. The zero-order chi connectivity index (χ0) is 17.9. The number of nitrogens with one attached hydrogen (secondary N) is 1. The molecule has 0 aliphatic rings. The molecule has 6 nitrogen and oxygen atoms in total. The van der Waals surface area contributed by atoms with Gasteiger partial charge in [-0.25, -0.2) is 4.98 Å². The van der Waals surface area contributed by atoms with Crippen LogP contribution in [-0.4, -0.2) is 25.1 Å². The van der Waals surface area contributed by atoms with E-state index in [1.165, 1.54) is 0 Å². The molecule has 0 saturated heterocycles. The summed E-state index contributed by atoms with van der Waals surface area (Å²) >= 11 is 0. The van der Waals surface area contributed by atoms with Crippen LogP contribution >= 0.6 is 0 Å². The summed E-state index contributed by atoms with van der Waals surface area (Å²) in [6, 6.07) is 11.7. The van der Waals surface area contributed by atoms with E-state index in [1.54, 1.807) is 24.8 Å². The zero-order valence-electron chi connectivity index (χ0n) is 14.6. The minimum atomic E-state index is 0.387. The Bertz CT molecular complexity index is 1050. The van der Waals surface area contributed by atoms with E-state index in [1.807, 2.05) is 36.4 Å². The molecular formula is C20H18N6. The van der Waals surface area contributed by atoms with Crippen molar-refractivity contribution in [1.29, 1.82) is 0 Å². The average Bonchev–Trinajstić information content (AvgIpc) is 2.68. The molecule has 26 heavy (non-hydrogen) atoms. The predicted octanol–water partition coefficient (Wildman–Crippen LogP) is 4.35. The molecule has 0 fully saturated rings. The molecule has 4 heterocycles. The van der Waals surface area contributed by atoms with Gasteiger partial charge < -0.3 is 5.32 Å². The van der Waals surface area contributed by atoms with Crippen LogP contribution < -0.4 is 5.32 Å². The van der Waals surface area contributed by atoms with Crippen molar-refractivity contribution >= 4 is 22.7 Å². The fraction of sp³-hybridized carbons (Fsp3) is 0.150. The molecule has 1 N–H and O–H groups in total. The maximum atomic E-state index is 4.76. The molecule has 0 spiro atoms. The summed E-state index contributed by atoms with van der Waals surface area (Å²) in [5.74, 6) is 1.77. The van der Waals surface area contributed by atoms with Crippen molar-refractivity contribution in [3.05, 3.63) is 66.7 Å². The van der Waals surface area contributed by atoms with Crippen LogP contribution in [0.3, 0.4) is 0 Å². The van der Waals surface area contributed by atoms with Crippen molar-refractivity contribution in [2.24, 2.45) is 0 Å². The van der Waals surface area contributed by atoms with Crippen molar-refractivity contribution in [2.75, 3.05) is 5.32 Å². The molecule has 0 aliphatic heterocycles. The summed E-state index contributed by atoms with van der Waals surface area (Å²) in [6.45, 7) is 4.25. The van der Waals surface area contributed by atoms with Gasteiger partial charge in [-0.2, -0.15) is 5.10 Å². The number of fused-ring (bicyclic) bond motifs is 1. The van der Waals surface area contributed by atoms with Crippen LogP contribution in [0.25, 0.3) is 22.2 Å². The van der Waals surface area contributed by atoms with E-state index in [2.05, 4.69) is 39.3 Å². The van der Waals surface area contributed by atoms with Gasteiger partial charge in [-0.15, -0.1) is 5.10 Å². The Kier molecular flexibility index (Phi) is 4.23. The molecule has 0 unspecified atom stereocenters. The number of anilines is 2. The first kappa shape index (κ1) is 16.1. The van der Waals surface area contributed by atoms with E-state index in [0.717, 1.165) is 27.7 Å². The highest BCUT2D eigenvalue weighted by Gasteiger charge is 2.09. The lowest BCUT2D eigenvalue weighted by Crippen LogP contribution is -2.00. The number of hydrogen-bond acceptors (Lipinski definition) is 6. The molecule has 128 valence electrons. The van der Waals surface area contributed by atoms with Gasteiger partial charge in [-0.3, -0.25) is 9.97 Å². The van der Waals surface area contributed by atoms with Crippen molar-refractivity contribution < 1.29 is 0 Å². The second-order valence-electron chi connectivity index (χ2n) is 6.31. The summed E-state index contributed by atoms with van der Waals surface area (Å²) in [7, 11) is 0. The van der Waals surface area contributed by atoms with Gasteiger partial charge in [0.25, 0.3) is 0 Å². The molecule has 4 aromatic heterocycles. The molecule has 0 aliphatic carbocycles.